The van der Waals surface area contributed by atoms with Gasteiger partial charge in [0.15, 0.2) is 0 Å². The minimum Gasteiger partial charge on any atom is -0.467 e. The molecular weight excluding hydrogens is 463 g/mol. The standard InChI is InChI=1S/C16H14BrFN2O3S3/c17-14-3-4-15(25-14)26(21,22)20-7-5-11(6-8-20)23-16-19-12-2-1-10(18)9-13(12)24-16/h1-4,9,11H,5-8H2. The fourth-order valence-corrected chi connectivity index (χ4v) is 7.36. The highest BCUT2D eigenvalue weighted by molar-refractivity contribution is 9.11. The van der Waals surface area contributed by atoms with Crippen molar-refractivity contribution >= 4 is 58.8 Å². The van der Waals surface area contributed by atoms with Gasteiger partial charge < -0.3 is 4.74 Å². The van der Waals surface area contributed by atoms with E-state index in [-0.39, 0.29) is 11.9 Å². The fourth-order valence-electron chi connectivity index (χ4n) is 2.82. The van der Waals surface area contributed by atoms with E-state index < -0.39 is 10.0 Å². The number of thiophene rings is 1. The predicted octanol–water partition coefficient (Wildman–Crippen LogP) is 4.49. The molecule has 5 nitrogen and oxygen atoms in total. The molecule has 1 saturated heterocycles. The van der Waals surface area contributed by atoms with Gasteiger partial charge in [0.2, 0.25) is 0 Å². The van der Waals surface area contributed by atoms with Crippen molar-refractivity contribution in [1.29, 1.82) is 0 Å². The largest absolute Gasteiger partial charge is 0.467 e. The number of hydrogen-bond acceptors (Lipinski definition) is 6. The Bertz CT molecular complexity index is 1040. The van der Waals surface area contributed by atoms with E-state index in [0.717, 1.165) is 8.49 Å². The summed E-state index contributed by atoms with van der Waals surface area (Å²) in [5.41, 5.74) is 0.703. The van der Waals surface area contributed by atoms with Gasteiger partial charge in [0.1, 0.15) is 16.1 Å². The smallest absolute Gasteiger partial charge is 0.274 e. The lowest BCUT2D eigenvalue weighted by Gasteiger charge is -2.30. The predicted molar refractivity (Wildman–Crippen MR) is 104 cm³/mol. The monoisotopic (exact) mass is 476 g/mol. The van der Waals surface area contributed by atoms with Gasteiger partial charge in [-0.1, -0.05) is 11.3 Å². The number of aromatic nitrogens is 1. The summed E-state index contributed by atoms with van der Waals surface area (Å²) in [5.74, 6) is -0.300. The molecule has 4 rings (SSSR count). The zero-order valence-electron chi connectivity index (χ0n) is 13.4. The maximum Gasteiger partial charge on any atom is 0.274 e. The molecule has 0 bridgehead atoms. The number of ether oxygens (including phenoxy) is 1. The number of benzene rings is 1. The van der Waals surface area contributed by atoms with Crippen molar-refractivity contribution < 1.29 is 17.5 Å². The molecule has 2 aromatic heterocycles. The van der Waals surface area contributed by atoms with Crippen molar-refractivity contribution in [1.82, 2.24) is 9.29 Å². The number of hydrogen-bond donors (Lipinski definition) is 0. The molecule has 1 aliphatic rings. The SMILES string of the molecule is O=S(=O)(c1ccc(Br)s1)N1CCC(Oc2nc3ccc(F)cc3s2)CC1. The first-order valence-electron chi connectivity index (χ1n) is 7.90. The Morgan fingerprint density at radius 3 is 2.65 bits per heavy atom. The molecule has 10 heteroatoms. The molecule has 3 aromatic rings. The van der Waals surface area contributed by atoms with E-state index >= 15 is 0 Å². The molecule has 0 atom stereocenters. The van der Waals surface area contributed by atoms with Crippen LogP contribution >= 0.6 is 38.6 Å². The average Bonchev–Trinajstić information content (AvgIpc) is 3.21. The molecule has 0 unspecified atom stereocenters. The Balaban J connectivity index is 1.41. The van der Waals surface area contributed by atoms with Gasteiger partial charge in [0.25, 0.3) is 15.2 Å². The van der Waals surface area contributed by atoms with Crippen molar-refractivity contribution in [2.75, 3.05) is 13.1 Å². The van der Waals surface area contributed by atoms with Crippen LogP contribution in [-0.2, 0) is 10.0 Å². The zero-order valence-corrected chi connectivity index (χ0v) is 17.4. The summed E-state index contributed by atoms with van der Waals surface area (Å²) in [5, 5.41) is 0.495. The lowest BCUT2D eigenvalue weighted by atomic mass is 10.1. The molecule has 1 fully saturated rings. The Hall–Kier alpha value is -1.07. The summed E-state index contributed by atoms with van der Waals surface area (Å²) < 4.78 is 47.8. The van der Waals surface area contributed by atoms with Gasteiger partial charge in [0.05, 0.1) is 14.0 Å². The summed E-state index contributed by atoms with van der Waals surface area (Å²) in [4.78, 5) is 4.36. The average molecular weight is 477 g/mol. The highest BCUT2D eigenvalue weighted by Gasteiger charge is 2.31. The van der Waals surface area contributed by atoms with Crippen LogP contribution in [0.2, 0.25) is 0 Å². The third-order valence-electron chi connectivity index (χ3n) is 4.14. The maximum atomic E-state index is 13.3. The number of sulfonamides is 1. The Morgan fingerprint density at radius 2 is 1.96 bits per heavy atom. The highest BCUT2D eigenvalue weighted by atomic mass is 79.9. The first-order chi connectivity index (χ1) is 12.4. The van der Waals surface area contributed by atoms with Crippen molar-refractivity contribution in [3.8, 4) is 5.19 Å². The number of nitrogens with zero attached hydrogens (tertiary/aromatic N) is 2. The second kappa shape index (κ2) is 7.16. The van der Waals surface area contributed by atoms with Gasteiger partial charge in [-0.15, -0.1) is 11.3 Å². The first-order valence-corrected chi connectivity index (χ1v) is 11.8. The summed E-state index contributed by atoms with van der Waals surface area (Å²) in [6.07, 6.45) is 1.09. The Labute approximate surface area is 166 Å². The topological polar surface area (TPSA) is 59.5 Å². The zero-order chi connectivity index (χ0) is 18.3. The van der Waals surface area contributed by atoms with Crippen LogP contribution in [0.5, 0.6) is 5.19 Å². The minimum absolute atomic E-state index is 0.0954. The van der Waals surface area contributed by atoms with Crippen molar-refractivity contribution in [3.05, 3.63) is 39.9 Å². The molecule has 1 aliphatic heterocycles. The van der Waals surface area contributed by atoms with Crippen LogP contribution in [0, 0.1) is 5.82 Å². The lowest BCUT2D eigenvalue weighted by Crippen LogP contribution is -2.41. The maximum absolute atomic E-state index is 13.3. The van der Waals surface area contributed by atoms with Gasteiger partial charge >= 0.3 is 0 Å². The second-order valence-corrected chi connectivity index (χ2v) is 11.5. The van der Waals surface area contributed by atoms with Crippen LogP contribution in [-0.4, -0.2) is 36.9 Å². The van der Waals surface area contributed by atoms with Gasteiger partial charge in [-0.25, -0.2) is 17.8 Å². The van der Waals surface area contributed by atoms with Crippen LogP contribution < -0.4 is 4.74 Å². The van der Waals surface area contributed by atoms with E-state index in [9.17, 15) is 12.8 Å². The lowest BCUT2D eigenvalue weighted by molar-refractivity contribution is 0.135. The van der Waals surface area contributed by atoms with E-state index in [1.54, 1.807) is 18.2 Å². The van der Waals surface area contributed by atoms with Crippen LogP contribution in [0.25, 0.3) is 10.2 Å². The van der Waals surface area contributed by atoms with E-state index in [4.69, 9.17) is 4.74 Å². The molecule has 138 valence electrons. The number of rotatable bonds is 4. The van der Waals surface area contributed by atoms with Gasteiger partial charge in [-0.2, -0.15) is 4.31 Å². The van der Waals surface area contributed by atoms with E-state index in [1.807, 2.05) is 0 Å². The molecule has 0 spiro atoms. The third-order valence-corrected chi connectivity index (χ3v) is 9.04. The number of halogens is 2. The molecule has 0 N–H and O–H groups in total. The van der Waals surface area contributed by atoms with Crippen molar-refractivity contribution in [2.45, 2.75) is 23.2 Å². The number of piperidine rings is 1. The van der Waals surface area contributed by atoms with Crippen LogP contribution in [0.1, 0.15) is 12.8 Å². The molecule has 3 heterocycles. The summed E-state index contributed by atoms with van der Waals surface area (Å²) in [7, 11) is -3.45. The molecule has 26 heavy (non-hydrogen) atoms. The fraction of sp³-hybridized carbons (Fsp3) is 0.312. The van der Waals surface area contributed by atoms with E-state index in [0.29, 0.717) is 40.9 Å². The van der Waals surface area contributed by atoms with Crippen molar-refractivity contribution in [2.24, 2.45) is 0 Å². The number of thiazole rings is 1. The Kier molecular flexibility index (Phi) is 5.04. The quantitative estimate of drug-likeness (QED) is 0.556. The van der Waals surface area contributed by atoms with Crippen LogP contribution in [0.3, 0.4) is 0 Å². The Morgan fingerprint density at radius 1 is 1.19 bits per heavy atom. The molecular formula is C16H14BrFN2O3S3. The highest BCUT2D eigenvalue weighted by Crippen LogP contribution is 2.32. The van der Waals surface area contributed by atoms with Crippen LogP contribution in [0.15, 0.2) is 38.3 Å². The van der Waals surface area contributed by atoms with Gasteiger partial charge in [-0.05, 0) is 59.1 Å². The van der Waals surface area contributed by atoms with E-state index in [1.165, 1.54) is 39.1 Å². The molecule has 0 amide bonds. The molecule has 0 aliphatic carbocycles. The number of fused-ring (bicyclic) bond motifs is 1. The second-order valence-electron chi connectivity index (χ2n) is 5.87. The summed E-state index contributed by atoms with van der Waals surface area (Å²) >= 11 is 5.81. The normalized spacial score (nSPS) is 17.0. The molecule has 0 radical (unpaired) electrons. The first kappa shape index (κ1) is 18.3. The third kappa shape index (κ3) is 3.65. The molecule has 1 aromatic carbocycles. The minimum atomic E-state index is -3.45. The summed E-state index contributed by atoms with van der Waals surface area (Å²) in [6.45, 7) is 0.810. The van der Waals surface area contributed by atoms with Gasteiger partial charge in [0, 0.05) is 13.1 Å². The van der Waals surface area contributed by atoms with Crippen LogP contribution in [0.4, 0.5) is 4.39 Å². The molecule has 0 saturated carbocycles. The summed E-state index contributed by atoms with van der Waals surface area (Å²) in [6, 6.07) is 7.80. The van der Waals surface area contributed by atoms with Crippen molar-refractivity contribution in [3.63, 3.8) is 0 Å². The van der Waals surface area contributed by atoms with Gasteiger partial charge in [-0.3, -0.25) is 0 Å². The van der Waals surface area contributed by atoms with E-state index in [2.05, 4.69) is 20.9 Å².